The van der Waals surface area contributed by atoms with Crippen LogP contribution in [0.4, 0.5) is 5.69 Å². The minimum Gasteiger partial charge on any atom is -0.468 e. The lowest BCUT2D eigenvalue weighted by atomic mass is 9.90. The van der Waals surface area contributed by atoms with E-state index in [1.165, 1.54) is 14.2 Å². The van der Waals surface area contributed by atoms with Crippen molar-refractivity contribution in [2.24, 2.45) is 0 Å². The van der Waals surface area contributed by atoms with Gasteiger partial charge in [0.25, 0.3) is 0 Å². The molecule has 0 aliphatic rings. The van der Waals surface area contributed by atoms with Crippen molar-refractivity contribution in [1.82, 2.24) is 0 Å². The van der Waals surface area contributed by atoms with Gasteiger partial charge >= 0.3 is 11.9 Å². The lowest BCUT2D eigenvalue weighted by Gasteiger charge is -2.33. The van der Waals surface area contributed by atoms with Gasteiger partial charge in [0, 0.05) is 12.7 Å². The van der Waals surface area contributed by atoms with Crippen LogP contribution in [-0.2, 0) is 19.1 Å². The van der Waals surface area contributed by atoms with Crippen molar-refractivity contribution in [3.8, 4) is 0 Å². The average molecular weight is 341 g/mol. The Morgan fingerprint density at radius 1 is 0.920 bits per heavy atom. The van der Waals surface area contributed by atoms with Gasteiger partial charge in [0.1, 0.15) is 12.0 Å². The quantitative estimate of drug-likeness (QED) is 0.756. The van der Waals surface area contributed by atoms with Crippen LogP contribution in [0.1, 0.15) is 17.0 Å². The molecule has 5 heteroatoms. The van der Waals surface area contributed by atoms with E-state index in [1.54, 1.807) is 11.9 Å². The number of likely N-dealkylation sites (N-methyl/N-ethyl adjacent to an activating group) is 1. The van der Waals surface area contributed by atoms with Crippen LogP contribution in [0.5, 0.6) is 0 Å². The first-order chi connectivity index (χ1) is 12.0. The highest BCUT2D eigenvalue weighted by molar-refractivity contribution is 5.91. The molecule has 132 valence electrons. The zero-order valence-corrected chi connectivity index (χ0v) is 14.9. The van der Waals surface area contributed by atoms with E-state index in [4.69, 9.17) is 9.47 Å². The molecule has 0 fully saturated rings. The largest absolute Gasteiger partial charge is 0.468 e. The molecule has 2 atom stereocenters. The number of rotatable bonds is 6. The minimum atomic E-state index is -0.846. The van der Waals surface area contributed by atoms with E-state index in [2.05, 4.69) is 0 Å². The summed E-state index contributed by atoms with van der Waals surface area (Å²) in [7, 11) is 4.41. The molecule has 0 spiro atoms. The predicted octanol–water partition coefficient (Wildman–Crippen LogP) is 2.93. The van der Waals surface area contributed by atoms with Crippen LogP contribution in [0.2, 0.25) is 0 Å². The summed E-state index contributed by atoms with van der Waals surface area (Å²) in [6, 6.07) is 16.0. The molecule has 25 heavy (non-hydrogen) atoms. The third-order valence-electron chi connectivity index (χ3n) is 4.20. The molecule has 0 saturated heterocycles. The molecule has 0 amide bonds. The Kier molecular flexibility index (Phi) is 6.17. The maximum Gasteiger partial charge on any atom is 0.329 e. The van der Waals surface area contributed by atoms with Crippen LogP contribution in [0.15, 0.2) is 54.6 Å². The number of methoxy groups -OCH3 is 2. The third kappa shape index (κ3) is 4.18. The van der Waals surface area contributed by atoms with Gasteiger partial charge in [-0.05, 0) is 30.2 Å². The number of esters is 2. The molecule has 0 aromatic heterocycles. The topological polar surface area (TPSA) is 55.8 Å². The zero-order chi connectivity index (χ0) is 18.4. The average Bonchev–Trinajstić information content (AvgIpc) is 2.65. The molecule has 0 bridgehead atoms. The fourth-order valence-corrected chi connectivity index (χ4v) is 2.88. The molecule has 5 nitrogen and oxygen atoms in total. The van der Waals surface area contributed by atoms with Crippen molar-refractivity contribution in [3.63, 3.8) is 0 Å². The molecular formula is C20H23NO4. The van der Waals surface area contributed by atoms with E-state index in [0.717, 1.165) is 11.3 Å². The van der Waals surface area contributed by atoms with E-state index in [0.29, 0.717) is 5.56 Å². The fourth-order valence-electron chi connectivity index (χ4n) is 2.88. The summed E-state index contributed by atoms with van der Waals surface area (Å²) >= 11 is 0. The second-order valence-corrected chi connectivity index (χ2v) is 5.83. The number of benzene rings is 2. The number of carbonyl (C=O) groups is 2. The number of nitrogens with zero attached hydrogens (tertiary/aromatic N) is 1. The second kappa shape index (κ2) is 8.33. The first kappa shape index (κ1) is 18.5. The van der Waals surface area contributed by atoms with Gasteiger partial charge in [0.05, 0.1) is 14.2 Å². The van der Waals surface area contributed by atoms with Crippen LogP contribution in [0.3, 0.4) is 0 Å². The molecule has 0 saturated carbocycles. The Labute approximate surface area is 148 Å². The minimum absolute atomic E-state index is 0.485. The molecule has 2 aromatic carbocycles. The summed E-state index contributed by atoms with van der Waals surface area (Å²) in [5.74, 6) is -1.78. The summed E-state index contributed by atoms with van der Waals surface area (Å²) in [6.45, 7) is 1.97. The van der Waals surface area contributed by atoms with E-state index >= 15 is 0 Å². The van der Waals surface area contributed by atoms with Crippen LogP contribution in [0, 0.1) is 6.92 Å². The Bertz CT molecular complexity index is 729. The lowest BCUT2D eigenvalue weighted by Crippen LogP contribution is -2.47. The van der Waals surface area contributed by atoms with E-state index in [9.17, 15) is 9.59 Å². The summed E-state index contributed by atoms with van der Waals surface area (Å²) in [5, 5.41) is 0. The molecule has 0 aliphatic carbocycles. The molecule has 2 aromatic rings. The first-order valence-electron chi connectivity index (χ1n) is 7.99. The first-order valence-corrected chi connectivity index (χ1v) is 7.99. The van der Waals surface area contributed by atoms with Gasteiger partial charge in [0.15, 0.2) is 0 Å². The predicted molar refractivity (Wildman–Crippen MR) is 96.6 cm³/mol. The summed E-state index contributed by atoms with van der Waals surface area (Å²) in [4.78, 5) is 26.9. The van der Waals surface area contributed by atoms with Crippen LogP contribution in [0.25, 0.3) is 0 Å². The fraction of sp³-hybridized carbons (Fsp3) is 0.300. The highest BCUT2D eigenvalue weighted by Crippen LogP contribution is 2.29. The maximum atomic E-state index is 12.6. The summed E-state index contributed by atoms with van der Waals surface area (Å²) in [6.07, 6.45) is 0. The van der Waals surface area contributed by atoms with Crippen LogP contribution >= 0.6 is 0 Å². The van der Waals surface area contributed by atoms with Crippen molar-refractivity contribution in [3.05, 3.63) is 65.7 Å². The monoisotopic (exact) mass is 341 g/mol. The van der Waals surface area contributed by atoms with Crippen molar-refractivity contribution >= 4 is 17.6 Å². The van der Waals surface area contributed by atoms with Gasteiger partial charge < -0.3 is 14.4 Å². The van der Waals surface area contributed by atoms with E-state index in [1.807, 2.05) is 61.5 Å². The second-order valence-electron chi connectivity index (χ2n) is 5.83. The van der Waals surface area contributed by atoms with Crippen LogP contribution < -0.4 is 4.90 Å². The van der Waals surface area contributed by atoms with Crippen molar-refractivity contribution < 1.29 is 19.1 Å². The number of anilines is 1. The summed E-state index contributed by atoms with van der Waals surface area (Å²) < 4.78 is 9.97. The van der Waals surface area contributed by atoms with Crippen molar-refractivity contribution in [1.29, 1.82) is 0 Å². The Balaban J connectivity index is 2.52. The Morgan fingerprint density at radius 3 is 2.12 bits per heavy atom. The number of hydrogen-bond acceptors (Lipinski definition) is 5. The molecule has 2 unspecified atom stereocenters. The van der Waals surface area contributed by atoms with Gasteiger partial charge in [-0.3, -0.25) is 4.79 Å². The number of aryl methyl sites for hydroxylation is 1. The number of carbonyl (C=O) groups excluding carboxylic acids is 2. The van der Waals surface area contributed by atoms with Crippen molar-refractivity contribution in [2.45, 2.75) is 18.9 Å². The number of hydrogen-bond donors (Lipinski definition) is 0. The van der Waals surface area contributed by atoms with Gasteiger partial charge in [-0.15, -0.1) is 0 Å². The highest BCUT2D eigenvalue weighted by Gasteiger charge is 2.39. The highest BCUT2D eigenvalue weighted by atomic mass is 16.5. The molecule has 0 aliphatic heterocycles. The Morgan fingerprint density at radius 2 is 1.56 bits per heavy atom. The standard InChI is InChI=1S/C20H23NO4/c1-14-9-8-12-16(13-14)21(2)18(20(23)25-4)17(19(22)24-3)15-10-6-5-7-11-15/h5-13,17-18H,1-4H3. The molecule has 2 rings (SSSR count). The van der Waals surface area contributed by atoms with E-state index < -0.39 is 23.9 Å². The molecule has 0 heterocycles. The Hall–Kier alpha value is -2.82. The van der Waals surface area contributed by atoms with Gasteiger partial charge in [-0.1, -0.05) is 42.5 Å². The number of ether oxygens (including phenoxy) is 2. The van der Waals surface area contributed by atoms with Crippen LogP contribution in [-0.4, -0.2) is 39.2 Å². The van der Waals surface area contributed by atoms with Gasteiger partial charge in [0.2, 0.25) is 0 Å². The SMILES string of the molecule is COC(=O)C(c1ccccc1)C(C(=O)OC)N(C)c1cccc(C)c1. The third-order valence-corrected chi connectivity index (χ3v) is 4.20. The smallest absolute Gasteiger partial charge is 0.329 e. The molecular weight excluding hydrogens is 318 g/mol. The molecule has 0 N–H and O–H groups in total. The van der Waals surface area contributed by atoms with Crippen molar-refractivity contribution in [2.75, 3.05) is 26.2 Å². The van der Waals surface area contributed by atoms with Gasteiger partial charge in [-0.25, -0.2) is 4.79 Å². The van der Waals surface area contributed by atoms with Gasteiger partial charge in [-0.2, -0.15) is 0 Å². The summed E-state index contributed by atoms with van der Waals surface area (Å²) in [5.41, 5.74) is 2.58. The molecule has 0 radical (unpaired) electrons. The normalized spacial score (nSPS) is 12.8. The zero-order valence-electron chi connectivity index (χ0n) is 14.9. The maximum absolute atomic E-state index is 12.6. The van der Waals surface area contributed by atoms with E-state index in [-0.39, 0.29) is 0 Å². The lowest BCUT2D eigenvalue weighted by molar-refractivity contribution is -0.150.